The Labute approximate surface area is 188 Å². The topological polar surface area (TPSA) is 71.8 Å². The highest BCUT2D eigenvalue weighted by Gasteiger charge is 2.32. The van der Waals surface area contributed by atoms with Gasteiger partial charge in [-0.1, -0.05) is 18.2 Å². The fourth-order valence-corrected chi connectivity index (χ4v) is 3.59. The van der Waals surface area contributed by atoms with Crippen LogP contribution in [0.15, 0.2) is 85.7 Å². The number of pyridine rings is 1. The fourth-order valence-electron chi connectivity index (χ4n) is 3.59. The van der Waals surface area contributed by atoms with Crippen LogP contribution in [0, 0.1) is 6.92 Å². The molecule has 2 heterocycles. The summed E-state index contributed by atoms with van der Waals surface area (Å²) in [6, 6.07) is 13.8. The molecule has 6 nitrogen and oxygen atoms in total. The Kier molecular flexibility index (Phi) is 6.12. The number of halogens is 3. The zero-order valence-corrected chi connectivity index (χ0v) is 17.5. The largest absolute Gasteiger partial charge is 0.416 e. The summed E-state index contributed by atoms with van der Waals surface area (Å²) in [7, 11) is 0. The molecule has 2 N–H and O–H groups in total. The number of imidazole rings is 1. The number of alkyl halides is 3. The van der Waals surface area contributed by atoms with Crippen molar-refractivity contribution in [2.45, 2.75) is 19.1 Å². The van der Waals surface area contributed by atoms with Crippen LogP contribution in [-0.2, 0) is 6.18 Å². The molecule has 0 saturated heterocycles. The lowest BCUT2D eigenvalue weighted by molar-refractivity contribution is -0.138. The number of carbonyl (C=O) groups excluding carboxylic acids is 1. The number of aromatic nitrogens is 3. The molecule has 0 fully saturated rings. The first kappa shape index (κ1) is 22.1. The molecule has 4 aromatic rings. The van der Waals surface area contributed by atoms with Crippen molar-refractivity contribution in [1.29, 1.82) is 0 Å². The number of aryl methyl sites for hydroxylation is 1. The number of hydrogen-bond acceptors (Lipinski definition) is 3. The SMILES string of the molecule is Cc1ccc(NC(=O)Nc2cccc(C(c3ccncc3)n3ccnc3)c2)cc1C(F)(F)F. The molecule has 0 bridgehead atoms. The molecular weight excluding hydrogens is 431 g/mol. The van der Waals surface area contributed by atoms with Crippen LogP contribution in [0.2, 0.25) is 0 Å². The lowest BCUT2D eigenvalue weighted by Crippen LogP contribution is -2.20. The van der Waals surface area contributed by atoms with Crippen molar-refractivity contribution in [1.82, 2.24) is 14.5 Å². The Morgan fingerprint density at radius 2 is 1.64 bits per heavy atom. The molecule has 2 amide bonds. The predicted octanol–water partition coefficient (Wildman–Crippen LogP) is 5.89. The summed E-state index contributed by atoms with van der Waals surface area (Å²) < 4.78 is 41.4. The minimum atomic E-state index is -4.50. The Balaban J connectivity index is 1.55. The third-order valence-electron chi connectivity index (χ3n) is 5.11. The normalized spacial score (nSPS) is 12.2. The van der Waals surface area contributed by atoms with Gasteiger partial charge in [0.1, 0.15) is 0 Å². The van der Waals surface area contributed by atoms with Crippen LogP contribution in [0.5, 0.6) is 0 Å². The summed E-state index contributed by atoms with van der Waals surface area (Å²) in [4.78, 5) is 20.7. The maximum absolute atomic E-state index is 13.2. The molecule has 168 valence electrons. The quantitative estimate of drug-likeness (QED) is 0.398. The van der Waals surface area contributed by atoms with Gasteiger partial charge in [0.15, 0.2) is 0 Å². The molecule has 0 aliphatic rings. The van der Waals surface area contributed by atoms with E-state index >= 15 is 0 Å². The summed E-state index contributed by atoms with van der Waals surface area (Å²) in [6.07, 6.45) is 4.13. The zero-order valence-electron chi connectivity index (χ0n) is 17.5. The van der Waals surface area contributed by atoms with Gasteiger partial charge in [-0.3, -0.25) is 4.98 Å². The molecule has 2 aromatic heterocycles. The number of rotatable bonds is 5. The van der Waals surface area contributed by atoms with Crippen molar-refractivity contribution in [3.05, 3.63) is 108 Å². The lowest BCUT2D eigenvalue weighted by Gasteiger charge is -2.20. The van der Waals surface area contributed by atoms with Gasteiger partial charge >= 0.3 is 12.2 Å². The number of amides is 2. The van der Waals surface area contributed by atoms with Crippen LogP contribution in [0.1, 0.15) is 28.3 Å². The van der Waals surface area contributed by atoms with E-state index in [1.165, 1.54) is 19.1 Å². The number of urea groups is 1. The standard InChI is InChI=1S/C24H20F3N5O/c1-16-5-6-20(14-21(16)24(25,26)27)31-23(33)30-19-4-2-3-18(13-19)22(32-12-11-29-15-32)17-7-9-28-10-8-17/h2-15,22H,1H3,(H2,30,31,33). The van der Waals surface area contributed by atoms with Crippen LogP contribution in [0.4, 0.5) is 29.3 Å². The van der Waals surface area contributed by atoms with Crippen LogP contribution in [-0.4, -0.2) is 20.6 Å². The number of benzene rings is 2. The number of nitrogens with one attached hydrogen (secondary N) is 2. The van der Waals surface area contributed by atoms with E-state index in [2.05, 4.69) is 20.6 Å². The monoisotopic (exact) mass is 451 g/mol. The van der Waals surface area contributed by atoms with Gasteiger partial charge in [0.05, 0.1) is 17.9 Å². The third kappa shape index (κ3) is 5.20. The van der Waals surface area contributed by atoms with Gasteiger partial charge in [0.25, 0.3) is 0 Å². The van der Waals surface area contributed by atoms with E-state index in [0.717, 1.165) is 17.2 Å². The van der Waals surface area contributed by atoms with E-state index in [-0.39, 0.29) is 17.3 Å². The van der Waals surface area contributed by atoms with Crippen molar-refractivity contribution < 1.29 is 18.0 Å². The molecule has 9 heteroatoms. The highest BCUT2D eigenvalue weighted by atomic mass is 19.4. The first-order valence-corrected chi connectivity index (χ1v) is 10.0. The average Bonchev–Trinajstić information content (AvgIpc) is 3.30. The van der Waals surface area contributed by atoms with Gasteiger partial charge in [0, 0.05) is 36.2 Å². The highest BCUT2D eigenvalue weighted by Crippen LogP contribution is 2.33. The van der Waals surface area contributed by atoms with Gasteiger partial charge in [0.2, 0.25) is 0 Å². The second kappa shape index (κ2) is 9.15. The summed E-state index contributed by atoms with van der Waals surface area (Å²) >= 11 is 0. The van der Waals surface area contributed by atoms with E-state index in [9.17, 15) is 18.0 Å². The predicted molar refractivity (Wildman–Crippen MR) is 119 cm³/mol. The van der Waals surface area contributed by atoms with E-state index in [4.69, 9.17) is 0 Å². The smallest absolute Gasteiger partial charge is 0.326 e. The van der Waals surface area contributed by atoms with Crippen LogP contribution >= 0.6 is 0 Å². The van der Waals surface area contributed by atoms with Crippen molar-refractivity contribution >= 4 is 17.4 Å². The van der Waals surface area contributed by atoms with Crippen LogP contribution < -0.4 is 10.6 Å². The van der Waals surface area contributed by atoms with Gasteiger partial charge < -0.3 is 15.2 Å². The maximum Gasteiger partial charge on any atom is 0.416 e. The summed E-state index contributed by atoms with van der Waals surface area (Å²) in [5, 5.41) is 5.15. The summed E-state index contributed by atoms with van der Waals surface area (Å²) in [5.41, 5.74) is 1.70. The molecular formula is C24H20F3N5O. The molecule has 4 rings (SSSR count). The second-order valence-corrected chi connectivity index (χ2v) is 7.43. The van der Waals surface area contributed by atoms with E-state index in [1.807, 2.05) is 29.0 Å². The minimum absolute atomic E-state index is 0.0506. The van der Waals surface area contributed by atoms with Crippen molar-refractivity contribution in [3.63, 3.8) is 0 Å². The molecule has 2 aromatic carbocycles. The Morgan fingerprint density at radius 3 is 2.30 bits per heavy atom. The Morgan fingerprint density at radius 1 is 0.909 bits per heavy atom. The first-order valence-electron chi connectivity index (χ1n) is 10.0. The number of carbonyl (C=O) groups is 1. The molecule has 1 atom stereocenters. The fraction of sp³-hybridized carbons (Fsp3) is 0.125. The van der Waals surface area contributed by atoms with E-state index in [1.54, 1.807) is 43.1 Å². The van der Waals surface area contributed by atoms with E-state index in [0.29, 0.717) is 5.69 Å². The number of nitrogens with zero attached hydrogens (tertiary/aromatic N) is 3. The van der Waals surface area contributed by atoms with Crippen molar-refractivity contribution in [2.24, 2.45) is 0 Å². The zero-order chi connectivity index (χ0) is 23.4. The molecule has 1 unspecified atom stereocenters. The molecule has 33 heavy (non-hydrogen) atoms. The first-order chi connectivity index (χ1) is 15.8. The van der Waals surface area contributed by atoms with Gasteiger partial charge in [-0.15, -0.1) is 0 Å². The number of hydrogen-bond donors (Lipinski definition) is 2. The highest BCUT2D eigenvalue weighted by molar-refractivity contribution is 5.99. The minimum Gasteiger partial charge on any atom is -0.326 e. The molecule has 0 spiro atoms. The van der Waals surface area contributed by atoms with Gasteiger partial charge in [-0.05, 0) is 60.0 Å². The molecule has 0 radical (unpaired) electrons. The van der Waals surface area contributed by atoms with E-state index < -0.39 is 17.8 Å². The average molecular weight is 451 g/mol. The number of anilines is 2. The molecule has 0 saturated carbocycles. The third-order valence-corrected chi connectivity index (χ3v) is 5.11. The Hall–Kier alpha value is -4.14. The maximum atomic E-state index is 13.2. The summed E-state index contributed by atoms with van der Waals surface area (Å²) in [6.45, 7) is 1.37. The lowest BCUT2D eigenvalue weighted by atomic mass is 9.99. The van der Waals surface area contributed by atoms with Crippen molar-refractivity contribution in [3.8, 4) is 0 Å². The summed E-state index contributed by atoms with van der Waals surface area (Å²) in [5.74, 6) is 0. The molecule has 0 aliphatic carbocycles. The van der Waals surface area contributed by atoms with Crippen molar-refractivity contribution in [2.75, 3.05) is 10.6 Å². The molecule has 0 aliphatic heterocycles. The Bertz CT molecular complexity index is 1240. The van der Waals surface area contributed by atoms with Gasteiger partial charge in [-0.25, -0.2) is 9.78 Å². The van der Waals surface area contributed by atoms with Crippen LogP contribution in [0.25, 0.3) is 0 Å². The van der Waals surface area contributed by atoms with Gasteiger partial charge in [-0.2, -0.15) is 13.2 Å². The van der Waals surface area contributed by atoms with Crippen LogP contribution in [0.3, 0.4) is 0 Å². The second-order valence-electron chi connectivity index (χ2n) is 7.43.